The number of hydrogen-bond donors (Lipinski definition) is 2. The Kier molecular flexibility index (Phi) is 24.6. The minimum Gasteiger partial charge on any atom is -0.480 e. The van der Waals surface area contributed by atoms with Crippen LogP contribution < -0.4 is 0 Å². The van der Waals surface area contributed by atoms with Crippen molar-refractivity contribution in [2.75, 3.05) is 0 Å². The first-order chi connectivity index (χ1) is 18.7. The Morgan fingerprint density at radius 3 is 0.846 bits per heavy atom. The molecule has 0 rings (SSSR count). The molecular formula is C34H66O4S. The number of aliphatic carboxylic acids is 2. The van der Waals surface area contributed by atoms with E-state index in [0.717, 1.165) is 38.5 Å². The molecule has 0 fully saturated rings. The lowest BCUT2D eigenvalue weighted by Gasteiger charge is -2.34. The lowest BCUT2D eigenvalue weighted by molar-refractivity contribution is -0.139. The summed E-state index contributed by atoms with van der Waals surface area (Å²) in [4.78, 5) is 24.4. The Hall–Kier alpha value is -0.710. The van der Waals surface area contributed by atoms with Crippen LogP contribution in [0.1, 0.15) is 195 Å². The summed E-state index contributed by atoms with van der Waals surface area (Å²) in [6.07, 6.45) is 30.9. The van der Waals surface area contributed by atoms with Crippen LogP contribution in [-0.2, 0) is 9.59 Å². The third-order valence-corrected chi connectivity index (χ3v) is 10.0. The fourth-order valence-corrected chi connectivity index (χ4v) is 7.17. The maximum Gasteiger partial charge on any atom is 0.319 e. The highest BCUT2D eigenvalue weighted by atomic mass is 32.2. The van der Waals surface area contributed by atoms with Crippen molar-refractivity contribution < 1.29 is 19.8 Å². The molecule has 0 radical (unpaired) electrons. The molecule has 0 aromatic rings. The average Bonchev–Trinajstić information content (AvgIpc) is 2.89. The summed E-state index contributed by atoms with van der Waals surface area (Å²) in [5.41, 5.74) is 0. The van der Waals surface area contributed by atoms with Gasteiger partial charge in [-0.2, -0.15) is 0 Å². The van der Waals surface area contributed by atoms with Gasteiger partial charge in [0.15, 0.2) is 0 Å². The second-order valence-electron chi connectivity index (χ2n) is 12.5. The van der Waals surface area contributed by atoms with Crippen LogP contribution >= 0.6 is 11.8 Å². The molecule has 0 aliphatic heterocycles. The quantitative estimate of drug-likeness (QED) is 0.0840. The van der Waals surface area contributed by atoms with Crippen molar-refractivity contribution in [3.63, 3.8) is 0 Å². The normalized spacial score (nSPS) is 14.7. The van der Waals surface area contributed by atoms with Gasteiger partial charge in [0.05, 0.1) is 0 Å². The highest BCUT2D eigenvalue weighted by molar-refractivity contribution is 8.03. The third kappa shape index (κ3) is 20.8. The summed E-state index contributed by atoms with van der Waals surface area (Å²) in [5.74, 6) is -1.75. The molecule has 232 valence electrons. The summed E-state index contributed by atoms with van der Waals surface area (Å²) in [5, 5.41) is 20.0. The highest BCUT2D eigenvalue weighted by Gasteiger charge is 2.45. The molecule has 39 heavy (non-hydrogen) atoms. The van der Waals surface area contributed by atoms with Gasteiger partial charge in [-0.25, -0.2) is 0 Å². The van der Waals surface area contributed by atoms with Crippen molar-refractivity contribution in [2.24, 2.45) is 0 Å². The molecule has 2 atom stereocenters. The van der Waals surface area contributed by atoms with Gasteiger partial charge in [-0.05, 0) is 26.7 Å². The number of thioether (sulfide) groups is 1. The SMILES string of the molecule is CCCCCCCCCCCCCCC(C)(SC(C)(CCCCCCCCCCCCCC)C(=O)O)C(=O)O. The zero-order valence-corrected chi connectivity index (χ0v) is 27.3. The Balaban J connectivity index is 4.20. The van der Waals surface area contributed by atoms with Gasteiger partial charge in [-0.15, -0.1) is 11.8 Å². The number of carbonyl (C=O) groups is 2. The first kappa shape index (κ1) is 38.3. The van der Waals surface area contributed by atoms with Crippen LogP contribution in [0.15, 0.2) is 0 Å². The molecule has 0 spiro atoms. The molecule has 0 saturated carbocycles. The lowest BCUT2D eigenvalue weighted by atomic mass is 9.99. The van der Waals surface area contributed by atoms with E-state index in [4.69, 9.17) is 0 Å². The molecule has 0 heterocycles. The van der Waals surface area contributed by atoms with Gasteiger partial charge in [0.1, 0.15) is 9.49 Å². The monoisotopic (exact) mass is 570 g/mol. The van der Waals surface area contributed by atoms with Gasteiger partial charge < -0.3 is 10.2 Å². The zero-order chi connectivity index (χ0) is 29.2. The van der Waals surface area contributed by atoms with Crippen molar-refractivity contribution in [3.05, 3.63) is 0 Å². The van der Waals surface area contributed by atoms with E-state index in [1.54, 1.807) is 13.8 Å². The Morgan fingerprint density at radius 1 is 0.436 bits per heavy atom. The van der Waals surface area contributed by atoms with E-state index in [1.807, 2.05) is 0 Å². The molecule has 2 N–H and O–H groups in total. The van der Waals surface area contributed by atoms with Crippen LogP contribution in [0.5, 0.6) is 0 Å². The molecule has 0 aliphatic carbocycles. The molecule has 4 nitrogen and oxygen atoms in total. The van der Waals surface area contributed by atoms with Gasteiger partial charge in [0, 0.05) is 0 Å². The number of hydrogen-bond acceptors (Lipinski definition) is 3. The van der Waals surface area contributed by atoms with E-state index in [9.17, 15) is 19.8 Å². The molecule has 0 aliphatic rings. The Labute approximate surface area is 247 Å². The molecule has 2 unspecified atom stereocenters. The molecule has 0 saturated heterocycles. The molecule has 5 heteroatoms. The van der Waals surface area contributed by atoms with Gasteiger partial charge in [0.2, 0.25) is 0 Å². The fraction of sp³-hybridized carbons (Fsp3) is 0.941. The van der Waals surface area contributed by atoms with Crippen molar-refractivity contribution in [1.82, 2.24) is 0 Å². The topological polar surface area (TPSA) is 74.6 Å². The second-order valence-corrected chi connectivity index (χ2v) is 14.5. The zero-order valence-electron chi connectivity index (χ0n) is 26.5. The Morgan fingerprint density at radius 2 is 0.641 bits per heavy atom. The third-order valence-electron chi connectivity index (χ3n) is 8.37. The molecule has 0 amide bonds. The highest BCUT2D eigenvalue weighted by Crippen LogP contribution is 2.43. The Bertz CT molecular complexity index is 546. The fourth-order valence-electron chi connectivity index (χ4n) is 5.51. The predicted molar refractivity (Wildman–Crippen MR) is 171 cm³/mol. The second kappa shape index (κ2) is 25.0. The van der Waals surface area contributed by atoms with Crippen molar-refractivity contribution in [2.45, 2.75) is 204 Å². The summed E-state index contributed by atoms with van der Waals surface area (Å²) >= 11 is 1.18. The van der Waals surface area contributed by atoms with Crippen molar-refractivity contribution >= 4 is 23.7 Å². The number of unbranched alkanes of at least 4 members (excludes halogenated alkanes) is 22. The summed E-state index contributed by atoms with van der Waals surface area (Å²) in [6, 6.07) is 0. The van der Waals surface area contributed by atoms with E-state index >= 15 is 0 Å². The van der Waals surface area contributed by atoms with E-state index in [-0.39, 0.29) is 0 Å². The van der Waals surface area contributed by atoms with Gasteiger partial charge in [0.25, 0.3) is 0 Å². The molecule has 0 bridgehead atoms. The van der Waals surface area contributed by atoms with Crippen LogP contribution in [0.3, 0.4) is 0 Å². The number of rotatable bonds is 30. The number of carboxylic acids is 2. The standard InChI is InChI=1S/C34H66O4S/c1-5-7-9-11-13-15-17-19-21-23-25-27-29-33(3,31(35)36)39-34(4,32(37)38)30-28-26-24-22-20-18-16-14-12-10-8-6-2/h5-30H2,1-4H3,(H,35,36)(H,37,38). The first-order valence-electron chi connectivity index (χ1n) is 16.9. The van der Waals surface area contributed by atoms with E-state index in [0.29, 0.717) is 12.8 Å². The summed E-state index contributed by atoms with van der Waals surface area (Å²) in [6.45, 7) is 7.98. The van der Waals surface area contributed by atoms with Crippen molar-refractivity contribution in [3.8, 4) is 0 Å². The van der Waals surface area contributed by atoms with E-state index < -0.39 is 21.4 Å². The lowest BCUT2D eigenvalue weighted by Crippen LogP contribution is -2.42. The molecule has 0 aromatic heterocycles. The van der Waals surface area contributed by atoms with Crippen LogP contribution in [0.25, 0.3) is 0 Å². The first-order valence-corrected chi connectivity index (χ1v) is 17.7. The minimum absolute atomic E-state index is 0.533. The van der Waals surface area contributed by atoms with Gasteiger partial charge >= 0.3 is 11.9 Å². The summed E-state index contributed by atoms with van der Waals surface area (Å²) < 4.78 is -2.11. The molecular weight excluding hydrogens is 504 g/mol. The van der Waals surface area contributed by atoms with Crippen molar-refractivity contribution in [1.29, 1.82) is 0 Å². The smallest absolute Gasteiger partial charge is 0.319 e. The van der Waals surface area contributed by atoms with Crippen LogP contribution in [0, 0.1) is 0 Å². The van der Waals surface area contributed by atoms with E-state index in [1.165, 1.54) is 127 Å². The summed E-state index contributed by atoms with van der Waals surface area (Å²) in [7, 11) is 0. The van der Waals surface area contributed by atoms with E-state index in [2.05, 4.69) is 13.8 Å². The van der Waals surface area contributed by atoms with Crippen LogP contribution in [0.2, 0.25) is 0 Å². The van der Waals surface area contributed by atoms with Gasteiger partial charge in [-0.3, -0.25) is 9.59 Å². The van der Waals surface area contributed by atoms with Gasteiger partial charge in [-0.1, -0.05) is 168 Å². The maximum atomic E-state index is 12.2. The average molecular weight is 571 g/mol. The number of carboxylic acid groups (broad SMARTS) is 2. The van der Waals surface area contributed by atoms with Crippen LogP contribution in [-0.4, -0.2) is 31.6 Å². The predicted octanol–water partition coefficient (Wildman–Crippen LogP) is 11.6. The largest absolute Gasteiger partial charge is 0.480 e. The minimum atomic E-state index is -1.05. The molecule has 0 aromatic carbocycles. The van der Waals surface area contributed by atoms with Crippen LogP contribution in [0.4, 0.5) is 0 Å². The maximum absolute atomic E-state index is 12.2.